The Labute approximate surface area is 135 Å². The Morgan fingerprint density at radius 3 is 2.64 bits per heavy atom. The summed E-state index contributed by atoms with van der Waals surface area (Å²) in [6, 6.07) is 0. The lowest BCUT2D eigenvalue weighted by Gasteiger charge is -2.12. The van der Waals surface area contributed by atoms with Crippen LogP contribution in [-0.2, 0) is 9.53 Å². The maximum absolute atomic E-state index is 11.0. The molecule has 128 valence electrons. The highest BCUT2D eigenvalue weighted by molar-refractivity contribution is 5.79. The SMILES string of the molecule is CCNC(=NCCCC1CCCC1)NCCCCC(=O)OC. The van der Waals surface area contributed by atoms with Crippen molar-refractivity contribution in [2.75, 3.05) is 26.7 Å². The summed E-state index contributed by atoms with van der Waals surface area (Å²) in [6.45, 7) is 4.68. The molecule has 0 radical (unpaired) electrons. The van der Waals surface area contributed by atoms with Gasteiger partial charge in [-0.2, -0.15) is 0 Å². The van der Waals surface area contributed by atoms with Crippen LogP contribution in [0.3, 0.4) is 0 Å². The standard InChI is InChI=1S/C17H33N3O2/c1-3-18-17(19-13-7-6-12-16(21)22-2)20-14-8-11-15-9-4-5-10-15/h15H,3-14H2,1-2H3,(H2,18,19,20). The van der Waals surface area contributed by atoms with Gasteiger partial charge in [-0.3, -0.25) is 9.79 Å². The molecule has 22 heavy (non-hydrogen) atoms. The lowest BCUT2D eigenvalue weighted by atomic mass is 10.0. The van der Waals surface area contributed by atoms with Crippen LogP contribution in [0.5, 0.6) is 0 Å². The summed E-state index contributed by atoms with van der Waals surface area (Å²) in [7, 11) is 1.43. The quantitative estimate of drug-likeness (QED) is 0.282. The summed E-state index contributed by atoms with van der Waals surface area (Å²) in [5.74, 6) is 1.71. The molecule has 0 bridgehead atoms. The van der Waals surface area contributed by atoms with Crippen molar-refractivity contribution in [1.29, 1.82) is 0 Å². The van der Waals surface area contributed by atoms with Gasteiger partial charge in [0.15, 0.2) is 5.96 Å². The Kier molecular flexibility index (Phi) is 10.5. The minimum atomic E-state index is -0.132. The van der Waals surface area contributed by atoms with Crippen molar-refractivity contribution < 1.29 is 9.53 Å². The fourth-order valence-electron chi connectivity index (χ4n) is 2.91. The van der Waals surface area contributed by atoms with Crippen LogP contribution in [0.4, 0.5) is 0 Å². The molecule has 1 saturated carbocycles. The fourth-order valence-corrected chi connectivity index (χ4v) is 2.91. The molecule has 0 amide bonds. The van der Waals surface area contributed by atoms with E-state index >= 15 is 0 Å². The normalized spacial score (nSPS) is 15.8. The summed E-state index contributed by atoms with van der Waals surface area (Å²) < 4.78 is 4.63. The van der Waals surface area contributed by atoms with Gasteiger partial charge in [0, 0.05) is 26.1 Å². The van der Waals surface area contributed by atoms with Crippen LogP contribution in [0.2, 0.25) is 0 Å². The number of aliphatic imine (C=N–C) groups is 1. The molecule has 0 spiro atoms. The number of ether oxygens (including phenoxy) is 1. The van der Waals surface area contributed by atoms with Gasteiger partial charge in [-0.05, 0) is 38.5 Å². The van der Waals surface area contributed by atoms with Gasteiger partial charge >= 0.3 is 5.97 Å². The maximum atomic E-state index is 11.0. The van der Waals surface area contributed by atoms with E-state index in [1.165, 1.54) is 45.6 Å². The van der Waals surface area contributed by atoms with Crippen molar-refractivity contribution in [2.24, 2.45) is 10.9 Å². The zero-order valence-corrected chi connectivity index (χ0v) is 14.3. The molecular weight excluding hydrogens is 278 g/mol. The third kappa shape index (κ3) is 8.90. The Bertz CT molecular complexity index is 326. The predicted molar refractivity (Wildman–Crippen MR) is 91.0 cm³/mol. The molecule has 0 aromatic rings. The van der Waals surface area contributed by atoms with Gasteiger partial charge in [-0.25, -0.2) is 0 Å². The Morgan fingerprint density at radius 2 is 1.95 bits per heavy atom. The first-order valence-electron chi connectivity index (χ1n) is 8.85. The number of carbonyl (C=O) groups excluding carboxylic acids is 1. The molecule has 5 nitrogen and oxygen atoms in total. The molecule has 1 aliphatic rings. The molecular formula is C17H33N3O2. The average Bonchev–Trinajstić information content (AvgIpc) is 3.04. The first kappa shape index (κ1) is 18.8. The lowest BCUT2D eigenvalue weighted by molar-refractivity contribution is -0.140. The first-order chi connectivity index (χ1) is 10.8. The highest BCUT2D eigenvalue weighted by Gasteiger charge is 2.13. The van der Waals surface area contributed by atoms with E-state index in [0.29, 0.717) is 6.42 Å². The summed E-state index contributed by atoms with van der Waals surface area (Å²) in [5.41, 5.74) is 0. The topological polar surface area (TPSA) is 62.7 Å². The van der Waals surface area contributed by atoms with E-state index < -0.39 is 0 Å². The van der Waals surface area contributed by atoms with Crippen molar-refractivity contribution in [3.05, 3.63) is 0 Å². The number of esters is 1. The highest BCUT2D eigenvalue weighted by atomic mass is 16.5. The van der Waals surface area contributed by atoms with Crippen LogP contribution in [0.1, 0.15) is 64.7 Å². The minimum absolute atomic E-state index is 0.132. The van der Waals surface area contributed by atoms with Crippen LogP contribution in [0.25, 0.3) is 0 Å². The molecule has 2 N–H and O–H groups in total. The Morgan fingerprint density at radius 1 is 1.18 bits per heavy atom. The monoisotopic (exact) mass is 311 g/mol. The lowest BCUT2D eigenvalue weighted by Crippen LogP contribution is -2.37. The first-order valence-corrected chi connectivity index (χ1v) is 8.85. The average molecular weight is 311 g/mol. The number of nitrogens with one attached hydrogen (secondary N) is 2. The summed E-state index contributed by atoms with van der Waals surface area (Å²) in [5, 5.41) is 6.60. The Hall–Kier alpha value is -1.26. The van der Waals surface area contributed by atoms with Crippen molar-refractivity contribution >= 4 is 11.9 Å². The molecule has 0 atom stereocenters. The van der Waals surface area contributed by atoms with Gasteiger partial charge in [0.2, 0.25) is 0 Å². The third-order valence-electron chi connectivity index (χ3n) is 4.19. The third-order valence-corrected chi connectivity index (χ3v) is 4.19. The van der Waals surface area contributed by atoms with Crippen molar-refractivity contribution in [3.8, 4) is 0 Å². The van der Waals surface area contributed by atoms with Crippen LogP contribution in [-0.4, -0.2) is 38.7 Å². The maximum Gasteiger partial charge on any atom is 0.305 e. The van der Waals surface area contributed by atoms with E-state index in [9.17, 15) is 4.79 Å². The van der Waals surface area contributed by atoms with E-state index in [-0.39, 0.29) is 5.97 Å². The van der Waals surface area contributed by atoms with E-state index in [1.54, 1.807) is 0 Å². The number of rotatable bonds is 10. The van der Waals surface area contributed by atoms with Crippen molar-refractivity contribution in [2.45, 2.75) is 64.7 Å². The number of guanidine groups is 1. The van der Waals surface area contributed by atoms with Gasteiger partial charge in [0.25, 0.3) is 0 Å². The second-order valence-corrected chi connectivity index (χ2v) is 6.01. The zero-order chi connectivity index (χ0) is 16.0. The molecule has 0 saturated heterocycles. The summed E-state index contributed by atoms with van der Waals surface area (Å²) in [6.07, 6.45) is 10.5. The van der Waals surface area contributed by atoms with Gasteiger partial charge in [0.1, 0.15) is 0 Å². The molecule has 1 aliphatic carbocycles. The molecule has 0 aromatic carbocycles. The summed E-state index contributed by atoms with van der Waals surface area (Å²) >= 11 is 0. The molecule has 0 aliphatic heterocycles. The summed E-state index contributed by atoms with van der Waals surface area (Å²) in [4.78, 5) is 15.6. The number of methoxy groups -OCH3 is 1. The van der Waals surface area contributed by atoms with Gasteiger partial charge in [-0.1, -0.05) is 25.7 Å². The number of carbonyl (C=O) groups is 1. The molecule has 1 rings (SSSR count). The Balaban J connectivity index is 2.10. The van der Waals surface area contributed by atoms with Gasteiger partial charge in [0.05, 0.1) is 7.11 Å². The molecule has 0 aromatic heterocycles. The molecule has 1 fully saturated rings. The highest BCUT2D eigenvalue weighted by Crippen LogP contribution is 2.28. The van der Waals surface area contributed by atoms with E-state index in [4.69, 9.17) is 0 Å². The number of nitrogens with zero attached hydrogens (tertiary/aromatic N) is 1. The number of hydrogen-bond donors (Lipinski definition) is 2. The smallest absolute Gasteiger partial charge is 0.305 e. The number of hydrogen-bond acceptors (Lipinski definition) is 3. The molecule has 0 unspecified atom stereocenters. The fraction of sp³-hybridized carbons (Fsp3) is 0.882. The van der Waals surface area contributed by atoms with Gasteiger partial charge in [-0.15, -0.1) is 0 Å². The number of unbranched alkanes of at least 4 members (excludes halogenated alkanes) is 1. The van der Waals surface area contributed by atoms with Crippen molar-refractivity contribution in [3.63, 3.8) is 0 Å². The second kappa shape index (κ2) is 12.3. The van der Waals surface area contributed by atoms with Crippen LogP contribution >= 0.6 is 0 Å². The minimum Gasteiger partial charge on any atom is -0.469 e. The van der Waals surface area contributed by atoms with Crippen molar-refractivity contribution in [1.82, 2.24) is 10.6 Å². The van der Waals surface area contributed by atoms with Crippen LogP contribution < -0.4 is 10.6 Å². The van der Waals surface area contributed by atoms with Crippen LogP contribution in [0.15, 0.2) is 4.99 Å². The van der Waals surface area contributed by atoms with E-state index in [0.717, 1.165) is 44.4 Å². The van der Waals surface area contributed by atoms with Gasteiger partial charge < -0.3 is 15.4 Å². The predicted octanol–water partition coefficient (Wildman–Crippen LogP) is 2.86. The molecule has 0 heterocycles. The largest absolute Gasteiger partial charge is 0.469 e. The van der Waals surface area contributed by atoms with E-state index in [1.807, 2.05) is 0 Å². The van der Waals surface area contributed by atoms with Crippen LogP contribution in [0, 0.1) is 5.92 Å². The molecule has 5 heteroatoms. The second-order valence-electron chi connectivity index (χ2n) is 6.01. The van der Waals surface area contributed by atoms with E-state index in [2.05, 4.69) is 27.3 Å². The zero-order valence-electron chi connectivity index (χ0n) is 14.3.